The molecule has 0 fully saturated rings. The number of aryl methyl sites for hydroxylation is 1. The molecule has 11 nitrogen and oxygen atoms in total. The van der Waals surface area contributed by atoms with E-state index in [4.69, 9.17) is 14.5 Å². The molecule has 188 valence electrons. The summed E-state index contributed by atoms with van der Waals surface area (Å²) in [6.07, 6.45) is -7.41. The van der Waals surface area contributed by atoms with Gasteiger partial charge in [0.25, 0.3) is 5.91 Å². The van der Waals surface area contributed by atoms with E-state index in [-0.39, 0.29) is 11.7 Å². The molecule has 0 radical (unpaired) electrons. The van der Waals surface area contributed by atoms with Crippen LogP contribution in [0.15, 0.2) is 42.5 Å². The van der Waals surface area contributed by atoms with Gasteiger partial charge in [-0.25, -0.2) is 4.57 Å². The van der Waals surface area contributed by atoms with Crippen LogP contribution in [0.5, 0.6) is 5.75 Å². The molecule has 12 heteroatoms. The highest BCUT2D eigenvalue weighted by molar-refractivity contribution is 7.46. The van der Waals surface area contributed by atoms with Crippen molar-refractivity contribution in [3.8, 4) is 16.9 Å². The Labute approximate surface area is 196 Å². The van der Waals surface area contributed by atoms with E-state index in [1.165, 1.54) is 14.0 Å². The van der Waals surface area contributed by atoms with E-state index in [1.807, 2.05) is 6.07 Å². The molecular weight excluding hydrogens is 469 g/mol. The molecule has 0 saturated heterocycles. The maximum atomic E-state index is 11.9. The van der Waals surface area contributed by atoms with Gasteiger partial charge in [-0.2, -0.15) is 0 Å². The zero-order valence-corrected chi connectivity index (χ0v) is 19.8. The fourth-order valence-corrected chi connectivity index (χ4v) is 3.60. The Morgan fingerprint density at radius 2 is 1.65 bits per heavy atom. The third-order valence-electron chi connectivity index (χ3n) is 5.19. The summed E-state index contributed by atoms with van der Waals surface area (Å²) < 4.78 is 20.4. The van der Waals surface area contributed by atoms with Gasteiger partial charge in [0.2, 0.25) is 6.29 Å². The van der Waals surface area contributed by atoms with E-state index in [0.717, 1.165) is 11.1 Å². The van der Waals surface area contributed by atoms with Crippen LogP contribution in [0.25, 0.3) is 11.1 Å². The summed E-state index contributed by atoms with van der Waals surface area (Å²) in [5.41, 5.74) is 2.64. The topological polar surface area (TPSA) is 186 Å². The fraction of sp³-hybridized carbons (Fsp3) is 0.409. The van der Waals surface area contributed by atoms with Crippen molar-refractivity contribution in [3.63, 3.8) is 0 Å². The molecule has 0 bridgehead atoms. The second-order valence-corrected chi connectivity index (χ2v) is 9.12. The molecule has 2 aromatic rings. The molecule has 0 saturated carbocycles. The lowest BCUT2D eigenvalue weighted by Crippen LogP contribution is -2.49. The standard InChI is InChI=1S/C22H30NO10P/c1-12-9-15(14-5-4-6-16(10-14)21(27)23-3)7-8-17(12)33-22(28)20(26)19(25)18(24)13(2)11-32-34(29,30)31/h4-10,13,18-20,22,24-26,28H,11H2,1-3H3,(H,23,27)(H2,29,30,31). The normalized spacial score (nSPS) is 16.3. The first-order valence-corrected chi connectivity index (χ1v) is 11.9. The lowest BCUT2D eigenvalue weighted by atomic mass is 9.96. The highest BCUT2D eigenvalue weighted by atomic mass is 31.2. The summed E-state index contributed by atoms with van der Waals surface area (Å²) in [6, 6.07) is 12.0. The molecular formula is C22H30NO10P. The van der Waals surface area contributed by atoms with Crippen LogP contribution < -0.4 is 10.1 Å². The zero-order valence-electron chi connectivity index (χ0n) is 18.9. The van der Waals surface area contributed by atoms with E-state index >= 15 is 0 Å². The lowest BCUT2D eigenvalue weighted by molar-refractivity contribution is -0.172. The van der Waals surface area contributed by atoms with Crippen LogP contribution in [0.4, 0.5) is 0 Å². The molecule has 34 heavy (non-hydrogen) atoms. The van der Waals surface area contributed by atoms with Crippen LogP contribution in [0, 0.1) is 12.8 Å². The largest absolute Gasteiger partial charge is 0.469 e. The van der Waals surface area contributed by atoms with E-state index in [1.54, 1.807) is 43.3 Å². The molecule has 2 aromatic carbocycles. The first-order valence-electron chi connectivity index (χ1n) is 10.4. The molecule has 5 atom stereocenters. The van der Waals surface area contributed by atoms with Crippen LogP contribution >= 0.6 is 7.82 Å². The van der Waals surface area contributed by atoms with Crippen molar-refractivity contribution in [2.75, 3.05) is 13.7 Å². The number of hydrogen-bond acceptors (Lipinski definition) is 8. The number of aliphatic hydroxyl groups excluding tert-OH is 4. The van der Waals surface area contributed by atoms with E-state index in [9.17, 15) is 29.8 Å². The Morgan fingerprint density at radius 1 is 1.00 bits per heavy atom. The number of hydrogen-bond donors (Lipinski definition) is 7. The summed E-state index contributed by atoms with van der Waals surface area (Å²) >= 11 is 0. The average molecular weight is 499 g/mol. The molecule has 0 aliphatic carbocycles. The minimum absolute atomic E-state index is 0.206. The van der Waals surface area contributed by atoms with E-state index < -0.39 is 44.9 Å². The predicted molar refractivity (Wildman–Crippen MR) is 122 cm³/mol. The molecule has 0 aromatic heterocycles. The second-order valence-electron chi connectivity index (χ2n) is 7.88. The maximum absolute atomic E-state index is 11.9. The smallest absolute Gasteiger partial charge is 0.462 e. The van der Waals surface area contributed by atoms with Crippen molar-refractivity contribution in [3.05, 3.63) is 53.6 Å². The number of nitrogens with one attached hydrogen (secondary N) is 1. The van der Waals surface area contributed by atoms with Crippen molar-refractivity contribution < 1.29 is 48.8 Å². The first kappa shape index (κ1) is 27.9. The van der Waals surface area contributed by atoms with Crippen LogP contribution in [-0.4, -0.2) is 74.4 Å². The van der Waals surface area contributed by atoms with E-state index in [2.05, 4.69) is 9.84 Å². The van der Waals surface area contributed by atoms with Crippen LogP contribution in [0.2, 0.25) is 0 Å². The predicted octanol–water partition coefficient (Wildman–Crippen LogP) is 0.547. The van der Waals surface area contributed by atoms with Gasteiger partial charge in [-0.15, -0.1) is 0 Å². The van der Waals surface area contributed by atoms with Crippen molar-refractivity contribution >= 4 is 13.7 Å². The Hall–Kier alpha value is -2.34. The number of benzene rings is 2. The Kier molecular flexibility index (Phi) is 9.74. The highest BCUT2D eigenvalue weighted by Gasteiger charge is 2.35. The van der Waals surface area contributed by atoms with Crippen LogP contribution in [0.1, 0.15) is 22.8 Å². The Bertz CT molecular complexity index is 1030. The molecule has 1 amide bonds. The van der Waals surface area contributed by atoms with Gasteiger partial charge in [-0.1, -0.05) is 25.1 Å². The second kappa shape index (κ2) is 11.9. The number of rotatable bonds is 11. The van der Waals surface area contributed by atoms with Crippen LogP contribution in [0.3, 0.4) is 0 Å². The fourth-order valence-electron chi connectivity index (χ4n) is 3.17. The number of phosphoric ester groups is 1. The molecule has 0 aliphatic heterocycles. The SMILES string of the molecule is CNC(=O)c1cccc(-c2ccc(OC(O)C(O)C(O)C(O)C(C)COP(=O)(O)O)c(C)c2)c1. The van der Waals surface area contributed by atoms with Gasteiger partial charge in [-0.3, -0.25) is 9.32 Å². The van der Waals surface area contributed by atoms with Gasteiger partial charge in [0.05, 0.1) is 12.7 Å². The molecule has 5 unspecified atom stereocenters. The Morgan fingerprint density at radius 3 is 2.24 bits per heavy atom. The number of phosphoric acid groups is 1. The average Bonchev–Trinajstić information content (AvgIpc) is 2.81. The van der Waals surface area contributed by atoms with Gasteiger partial charge >= 0.3 is 7.82 Å². The zero-order chi connectivity index (χ0) is 25.6. The summed E-state index contributed by atoms with van der Waals surface area (Å²) in [4.78, 5) is 29.3. The van der Waals surface area contributed by atoms with E-state index in [0.29, 0.717) is 11.1 Å². The number of aliphatic hydroxyl groups is 4. The van der Waals surface area contributed by atoms with Gasteiger partial charge in [-0.05, 0) is 47.9 Å². The van der Waals surface area contributed by atoms with Crippen molar-refractivity contribution in [2.45, 2.75) is 38.4 Å². The van der Waals surface area contributed by atoms with Crippen molar-refractivity contribution in [1.29, 1.82) is 0 Å². The Balaban J connectivity index is 2.07. The number of carbonyl (C=O) groups excluding carboxylic acids is 1. The summed E-state index contributed by atoms with van der Waals surface area (Å²) in [7, 11) is -3.23. The van der Waals surface area contributed by atoms with Gasteiger partial charge in [0.1, 0.15) is 18.0 Å². The van der Waals surface area contributed by atoms with Gasteiger partial charge < -0.3 is 40.3 Å². The minimum atomic E-state index is -4.77. The van der Waals surface area contributed by atoms with Gasteiger partial charge in [0.15, 0.2) is 0 Å². The number of amides is 1. The third-order valence-corrected chi connectivity index (χ3v) is 5.67. The number of ether oxygens (including phenoxy) is 1. The lowest BCUT2D eigenvalue weighted by Gasteiger charge is -2.30. The molecule has 0 spiro atoms. The number of carbonyl (C=O) groups is 1. The summed E-state index contributed by atoms with van der Waals surface area (Å²) in [6.45, 7) is 2.45. The maximum Gasteiger partial charge on any atom is 0.469 e. The minimum Gasteiger partial charge on any atom is -0.462 e. The molecule has 2 rings (SSSR count). The monoisotopic (exact) mass is 499 g/mol. The first-order chi connectivity index (χ1) is 15.8. The van der Waals surface area contributed by atoms with Crippen molar-refractivity contribution in [2.24, 2.45) is 5.92 Å². The third kappa shape index (κ3) is 7.59. The summed E-state index contributed by atoms with van der Waals surface area (Å²) in [5.74, 6) is -0.993. The van der Waals surface area contributed by atoms with Gasteiger partial charge in [0, 0.05) is 18.5 Å². The molecule has 7 N–H and O–H groups in total. The van der Waals surface area contributed by atoms with Crippen LogP contribution in [-0.2, 0) is 9.09 Å². The molecule has 0 aliphatic rings. The summed E-state index contributed by atoms with van der Waals surface area (Å²) in [5, 5.41) is 43.3. The highest BCUT2D eigenvalue weighted by Crippen LogP contribution is 2.36. The quantitative estimate of drug-likeness (QED) is 0.170. The molecule has 0 heterocycles. The van der Waals surface area contributed by atoms with Crippen molar-refractivity contribution in [1.82, 2.24) is 5.32 Å².